The summed E-state index contributed by atoms with van der Waals surface area (Å²) in [5.41, 5.74) is 4.90. The second-order valence-corrected chi connectivity index (χ2v) is 7.78. The van der Waals surface area contributed by atoms with Crippen molar-refractivity contribution < 1.29 is 14.3 Å². The average molecular weight is 367 g/mol. The van der Waals surface area contributed by atoms with Crippen LogP contribution >= 0.6 is 0 Å². The molecule has 0 fully saturated rings. The highest BCUT2D eigenvalue weighted by atomic mass is 19.1. The molecule has 140 valence electrons. The Bertz CT molecular complexity index is 1040. The molecule has 4 rings (SSSR count). The maximum Gasteiger partial charge on any atom is 0.223 e. The van der Waals surface area contributed by atoms with Gasteiger partial charge in [0.2, 0.25) is 5.91 Å². The number of fused-ring (bicyclic) bond motifs is 3. The molecule has 1 amide bonds. The van der Waals surface area contributed by atoms with Crippen LogP contribution in [-0.4, -0.2) is 26.9 Å². The molecule has 3 heterocycles. The van der Waals surface area contributed by atoms with E-state index in [-0.39, 0.29) is 23.7 Å². The third-order valence-corrected chi connectivity index (χ3v) is 5.17. The molecule has 0 unspecified atom stereocenters. The van der Waals surface area contributed by atoms with Crippen LogP contribution in [-0.2, 0) is 23.2 Å². The van der Waals surface area contributed by atoms with Gasteiger partial charge in [-0.1, -0.05) is 26.0 Å². The minimum Gasteiger partial charge on any atom is -0.390 e. The van der Waals surface area contributed by atoms with Crippen molar-refractivity contribution in [1.29, 1.82) is 0 Å². The van der Waals surface area contributed by atoms with Crippen LogP contribution in [0.3, 0.4) is 0 Å². The molecule has 0 spiro atoms. The highest BCUT2D eigenvalue weighted by molar-refractivity contribution is 5.95. The van der Waals surface area contributed by atoms with Crippen molar-refractivity contribution in [3.05, 3.63) is 64.9 Å². The molecule has 6 heteroatoms. The summed E-state index contributed by atoms with van der Waals surface area (Å²) in [6.45, 7) is 6.23. The average Bonchev–Trinajstić information content (AvgIpc) is 3.15. The van der Waals surface area contributed by atoms with E-state index >= 15 is 0 Å². The number of hydrogen-bond donors (Lipinski definition) is 1. The van der Waals surface area contributed by atoms with E-state index in [0.29, 0.717) is 18.7 Å². The minimum absolute atomic E-state index is 0.00333. The lowest BCUT2D eigenvalue weighted by atomic mass is 9.90. The van der Waals surface area contributed by atoms with E-state index in [1.54, 1.807) is 24.0 Å². The summed E-state index contributed by atoms with van der Waals surface area (Å²) >= 11 is 0. The number of pyridine rings is 1. The number of imidazole rings is 1. The highest BCUT2D eigenvalue weighted by Crippen LogP contribution is 2.42. The van der Waals surface area contributed by atoms with E-state index in [9.17, 15) is 14.3 Å². The first-order valence-electron chi connectivity index (χ1n) is 8.98. The lowest BCUT2D eigenvalue weighted by Crippen LogP contribution is -2.32. The lowest BCUT2D eigenvalue weighted by Gasteiger charge is -2.19. The third kappa shape index (κ3) is 2.90. The molecule has 0 saturated carbocycles. The third-order valence-electron chi connectivity index (χ3n) is 5.17. The first kappa shape index (κ1) is 17.7. The van der Waals surface area contributed by atoms with Crippen molar-refractivity contribution in [2.24, 2.45) is 0 Å². The molecule has 1 aliphatic rings. The molecular formula is C21H22FN3O2. The summed E-state index contributed by atoms with van der Waals surface area (Å²) in [4.78, 5) is 18.6. The molecule has 2 aromatic heterocycles. The molecule has 27 heavy (non-hydrogen) atoms. The van der Waals surface area contributed by atoms with Crippen molar-refractivity contribution in [2.75, 3.05) is 11.4 Å². The minimum atomic E-state index is -0.272. The number of aromatic nitrogens is 2. The van der Waals surface area contributed by atoms with Crippen LogP contribution in [0.15, 0.2) is 36.5 Å². The van der Waals surface area contributed by atoms with E-state index in [0.717, 1.165) is 28.2 Å². The van der Waals surface area contributed by atoms with Crippen LogP contribution in [0, 0.1) is 5.82 Å². The van der Waals surface area contributed by atoms with E-state index in [1.807, 2.05) is 16.7 Å². The van der Waals surface area contributed by atoms with Gasteiger partial charge in [-0.25, -0.2) is 9.37 Å². The van der Waals surface area contributed by atoms with Crippen molar-refractivity contribution in [2.45, 2.75) is 39.2 Å². The number of carbonyl (C=O) groups excluding carboxylic acids is 1. The summed E-state index contributed by atoms with van der Waals surface area (Å²) < 4.78 is 15.2. The predicted molar refractivity (Wildman–Crippen MR) is 101 cm³/mol. The zero-order chi connectivity index (χ0) is 19.3. The molecule has 0 atom stereocenters. The van der Waals surface area contributed by atoms with E-state index in [1.165, 1.54) is 12.1 Å². The summed E-state index contributed by atoms with van der Waals surface area (Å²) in [7, 11) is 0. The van der Waals surface area contributed by atoms with Gasteiger partial charge in [-0.2, -0.15) is 0 Å². The molecule has 5 nitrogen and oxygen atoms in total. The topological polar surface area (TPSA) is 57.8 Å². The lowest BCUT2D eigenvalue weighted by molar-refractivity contribution is -0.116. The van der Waals surface area contributed by atoms with Gasteiger partial charge in [0.1, 0.15) is 11.5 Å². The van der Waals surface area contributed by atoms with Crippen molar-refractivity contribution in [3.8, 4) is 0 Å². The van der Waals surface area contributed by atoms with Crippen LogP contribution in [0.1, 0.15) is 43.3 Å². The van der Waals surface area contributed by atoms with Crippen LogP contribution in [0.25, 0.3) is 5.65 Å². The molecule has 0 aliphatic carbocycles. The number of hydrogen-bond acceptors (Lipinski definition) is 3. The van der Waals surface area contributed by atoms with Gasteiger partial charge in [0, 0.05) is 37.1 Å². The van der Waals surface area contributed by atoms with Gasteiger partial charge in [-0.15, -0.1) is 0 Å². The molecule has 0 bridgehead atoms. The van der Waals surface area contributed by atoms with Gasteiger partial charge < -0.3 is 14.4 Å². The fourth-order valence-corrected chi connectivity index (χ4v) is 3.99. The van der Waals surface area contributed by atoms with Gasteiger partial charge in [-0.05, 0) is 23.8 Å². The van der Waals surface area contributed by atoms with E-state index in [2.05, 4.69) is 18.8 Å². The summed E-state index contributed by atoms with van der Waals surface area (Å²) in [6, 6.07) is 8.40. The van der Waals surface area contributed by atoms with E-state index < -0.39 is 0 Å². The Hall–Kier alpha value is -2.73. The SMILES string of the molecule is CC(=O)N1CC(C)(C)c2c1cc(Cc1ccc(F)cc1)c1nc(CO)cn21. The normalized spacial score (nSPS) is 15.4. The Kier molecular flexibility index (Phi) is 4.03. The number of anilines is 1. The van der Waals surface area contributed by atoms with Crippen molar-refractivity contribution in [1.82, 2.24) is 9.38 Å². The first-order valence-corrected chi connectivity index (χ1v) is 8.98. The molecule has 1 aromatic carbocycles. The largest absolute Gasteiger partial charge is 0.390 e. The summed E-state index contributed by atoms with van der Waals surface area (Å²) in [6.07, 6.45) is 2.40. The number of benzene rings is 1. The summed E-state index contributed by atoms with van der Waals surface area (Å²) in [5.74, 6) is -0.276. The van der Waals surface area contributed by atoms with Gasteiger partial charge >= 0.3 is 0 Å². The highest BCUT2D eigenvalue weighted by Gasteiger charge is 2.40. The van der Waals surface area contributed by atoms with Crippen LogP contribution in [0.2, 0.25) is 0 Å². The second kappa shape index (κ2) is 6.16. The van der Waals surface area contributed by atoms with Crippen LogP contribution in [0.4, 0.5) is 10.1 Å². The van der Waals surface area contributed by atoms with Crippen molar-refractivity contribution in [3.63, 3.8) is 0 Å². The second-order valence-electron chi connectivity index (χ2n) is 7.78. The predicted octanol–water partition coefficient (Wildman–Crippen LogP) is 3.20. The smallest absolute Gasteiger partial charge is 0.223 e. The number of nitrogens with zero attached hydrogens (tertiary/aromatic N) is 3. The first-order chi connectivity index (χ1) is 12.8. The Morgan fingerprint density at radius 1 is 1.30 bits per heavy atom. The van der Waals surface area contributed by atoms with Crippen molar-refractivity contribution >= 4 is 17.2 Å². The number of aliphatic hydroxyl groups is 1. The number of amides is 1. The Labute approximate surface area is 157 Å². The fraction of sp³-hybridized carbons (Fsp3) is 0.333. The molecule has 0 radical (unpaired) electrons. The van der Waals surface area contributed by atoms with Gasteiger partial charge in [0.15, 0.2) is 0 Å². The Balaban J connectivity index is 1.94. The Morgan fingerprint density at radius 3 is 2.63 bits per heavy atom. The van der Waals surface area contributed by atoms with Gasteiger partial charge in [-0.3, -0.25) is 4.79 Å². The quantitative estimate of drug-likeness (QED) is 0.773. The number of aliphatic hydroxyl groups excluding tert-OH is 1. The number of carbonyl (C=O) groups is 1. The number of halogens is 1. The zero-order valence-electron chi connectivity index (χ0n) is 15.7. The Morgan fingerprint density at radius 2 is 2.00 bits per heavy atom. The van der Waals surface area contributed by atoms with Gasteiger partial charge in [0.25, 0.3) is 0 Å². The van der Waals surface area contributed by atoms with Crippen LogP contribution in [0.5, 0.6) is 0 Å². The molecule has 3 aromatic rings. The maximum absolute atomic E-state index is 13.2. The molecule has 1 aliphatic heterocycles. The monoisotopic (exact) mass is 367 g/mol. The van der Waals surface area contributed by atoms with Gasteiger partial charge in [0.05, 0.1) is 23.7 Å². The fourth-order valence-electron chi connectivity index (χ4n) is 3.99. The van der Waals surface area contributed by atoms with Crippen LogP contribution < -0.4 is 4.90 Å². The molecule has 0 saturated heterocycles. The molecule has 1 N–H and O–H groups in total. The maximum atomic E-state index is 13.2. The van der Waals surface area contributed by atoms with E-state index in [4.69, 9.17) is 0 Å². The molecular weight excluding hydrogens is 345 g/mol. The standard InChI is InChI=1S/C21H22FN3O2/c1-13(27)25-12-21(2,3)19-18(25)9-15(8-14-4-6-16(22)7-5-14)20-23-17(11-26)10-24(19)20/h4-7,9-10,26H,8,11-12H2,1-3H3. The summed E-state index contributed by atoms with van der Waals surface area (Å²) in [5, 5.41) is 9.59. The zero-order valence-corrected chi connectivity index (χ0v) is 15.7. The number of rotatable bonds is 3.